The van der Waals surface area contributed by atoms with E-state index >= 15 is 0 Å². The fourth-order valence-electron chi connectivity index (χ4n) is 3.69. The zero-order valence-electron chi connectivity index (χ0n) is 14.1. The van der Waals surface area contributed by atoms with Gasteiger partial charge in [-0.1, -0.05) is 6.92 Å². The highest BCUT2D eigenvalue weighted by molar-refractivity contribution is 7.80. The van der Waals surface area contributed by atoms with E-state index in [2.05, 4.69) is 5.32 Å². The van der Waals surface area contributed by atoms with Crippen LogP contribution in [0.5, 0.6) is 5.75 Å². The molecule has 0 aliphatic carbocycles. The van der Waals surface area contributed by atoms with Crippen LogP contribution in [0.2, 0.25) is 0 Å². The summed E-state index contributed by atoms with van der Waals surface area (Å²) in [5.74, 6) is 0.167. The molecule has 0 unspecified atom stereocenters. The Kier molecular flexibility index (Phi) is 3.62. The van der Waals surface area contributed by atoms with Gasteiger partial charge in [-0.05, 0) is 49.5 Å². The minimum atomic E-state index is -0.812. The van der Waals surface area contributed by atoms with Crippen molar-refractivity contribution in [3.05, 3.63) is 64.0 Å². The van der Waals surface area contributed by atoms with Gasteiger partial charge in [-0.25, -0.2) is 4.39 Å². The van der Waals surface area contributed by atoms with Gasteiger partial charge in [0.1, 0.15) is 11.6 Å². The van der Waals surface area contributed by atoms with Crippen LogP contribution in [-0.2, 0) is 0 Å². The molecule has 0 spiro atoms. The van der Waals surface area contributed by atoms with Crippen molar-refractivity contribution in [2.24, 2.45) is 5.92 Å². The van der Waals surface area contributed by atoms with E-state index < -0.39 is 10.6 Å². The molecule has 0 radical (unpaired) electrons. The maximum atomic E-state index is 13.3. The molecule has 2 aromatic rings. The van der Waals surface area contributed by atoms with E-state index in [9.17, 15) is 14.5 Å². The molecule has 1 saturated heterocycles. The number of nitro groups is 1. The highest BCUT2D eigenvalue weighted by atomic mass is 32.1. The quantitative estimate of drug-likeness (QED) is 0.489. The molecule has 0 amide bonds. The van der Waals surface area contributed by atoms with Crippen molar-refractivity contribution < 1.29 is 14.1 Å². The summed E-state index contributed by atoms with van der Waals surface area (Å²) in [5, 5.41) is 14.8. The number of anilines is 1. The van der Waals surface area contributed by atoms with E-state index in [1.165, 1.54) is 24.3 Å². The third-order valence-corrected chi connectivity index (χ3v) is 5.51. The first kappa shape index (κ1) is 16.7. The van der Waals surface area contributed by atoms with Crippen molar-refractivity contribution in [3.63, 3.8) is 0 Å². The number of rotatable bonds is 2. The molecule has 2 aliphatic heterocycles. The SMILES string of the molecule is C[C@@H]1[C@@H]2NC(=S)N(c3ccc(F)cc3)[C@@]1(C)Oc1ccc([N+](=O)[O-])cc12. The number of fused-ring (bicyclic) bond motifs is 4. The number of hydrogen-bond acceptors (Lipinski definition) is 4. The van der Waals surface area contributed by atoms with Crippen LogP contribution in [0.25, 0.3) is 0 Å². The number of hydrogen-bond donors (Lipinski definition) is 1. The first-order valence-electron chi connectivity index (χ1n) is 8.15. The van der Waals surface area contributed by atoms with E-state index in [-0.39, 0.29) is 23.5 Å². The lowest BCUT2D eigenvalue weighted by molar-refractivity contribution is -0.385. The third kappa shape index (κ3) is 2.33. The van der Waals surface area contributed by atoms with Gasteiger partial charge in [-0.2, -0.15) is 0 Å². The number of thiocarbonyl (C=S) groups is 1. The molecule has 6 nitrogen and oxygen atoms in total. The van der Waals surface area contributed by atoms with E-state index in [0.29, 0.717) is 22.1 Å². The maximum absolute atomic E-state index is 13.3. The summed E-state index contributed by atoms with van der Waals surface area (Å²) in [6.45, 7) is 3.92. The summed E-state index contributed by atoms with van der Waals surface area (Å²) in [4.78, 5) is 12.5. The zero-order chi connectivity index (χ0) is 18.6. The van der Waals surface area contributed by atoms with Crippen LogP contribution in [0, 0.1) is 21.8 Å². The number of halogens is 1. The monoisotopic (exact) mass is 373 g/mol. The molecule has 0 saturated carbocycles. The zero-order valence-corrected chi connectivity index (χ0v) is 14.9. The fourth-order valence-corrected chi connectivity index (χ4v) is 4.11. The minimum Gasteiger partial charge on any atom is -0.467 e. The van der Waals surface area contributed by atoms with Crippen LogP contribution in [0.3, 0.4) is 0 Å². The Bertz CT molecular complexity index is 920. The Labute approximate surface area is 154 Å². The van der Waals surface area contributed by atoms with Gasteiger partial charge in [0.15, 0.2) is 10.8 Å². The van der Waals surface area contributed by atoms with Crippen molar-refractivity contribution >= 4 is 28.7 Å². The van der Waals surface area contributed by atoms with Crippen LogP contribution in [0.15, 0.2) is 42.5 Å². The second-order valence-electron chi connectivity index (χ2n) is 6.66. The Hall–Kier alpha value is -2.74. The molecule has 134 valence electrons. The standard InChI is InChI=1S/C18H16FN3O3S/c1-10-16-14-9-13(22(23)24)7-8-15(14)25-18(10,2)21(17(26)20-16)12-5-3-11(19)4-6-12/h3-10,16H,1-2H3,(H,20,26)/t10-,16+,18+/m1/s1. The molecular weight excluding hydrogens is 357 g/mol. The van der Waals surface area contributed by atoms with Crippen molar-refractivity contribution in [2.45, 2.75) is 25.6 Å². The molecule has 2 bridgehead atoms. The molecule has 26 heavy (non-hydrogen) atoms. The predicted octanol–water partition coefficient (Wildman–Crippen LogP) is 3.91. The van der Waals surface area contributed by atoms with E-state index in [0.717, 1.165) is 0 Å². The average molecular weight is 373 g/mol. The van der Waals surface area contributed by atoms with Crippen LogP contribution in [-0.4, -0.2) is 15.8 Å². The summed E-state index contributed by atoms with van der Waals surface area (Å²) >= 11 is 5.54. The third-order valence-electron chi connectivity index (χ3n) is 5.21. The second kappa shape index (κ2) is 5.63. The normalized spacial score (nSPS) is 26.6. The Morgan fingerprint density at radius 3 is 2.65 bits per heavy atom. The maximum Gasteiger partial charge on any atom is 0.270 e. The molecule has 2 heterocycles. The molecule has 2 aromatic carbocycles. The number of ether oxygens (including phenoxy) is 1. The van der Waals surface area contributed by atoms with E-state index in [1.54, 1.807) is 18.2 Å². The van der Waals surface area contributed by atoms with Crippen LogP contribution in [0.4, 0.5) is 15.8 Å². The smallest absolute Gasteiger partial charge is 0.270 e. The molecule has 8 heteroatoms. The predicted molar refractivity (Wildman–Crippen MR) is 98.6 cm³/mol. The minimum absolute atomic E-state index is 0.0110. The van der Waals surface area contributed by atoms with Crippen LogP contribution < -0.4 is 15.0 Å². The summed E-state index contributed by atoms with van der Waals surface area (Å²) in [6, 6.07) is 10.4. The van der Waals surface area contributed by atoms with Gasteiger partial charge >= 0.3 is 0 Å². The molecular formula is C18H16FN3O3S. The molecule has 1 fully saturated rings. The highest BCUT2D eigenvalue weighted by Crippen LogP contribution is 2.49. The largest absolute Gasteiger partial charge is 0.467 e. The van der Waals surface area contributed by atoms with Gasteiger partial charge in [-0.3, -0.25) is 15.0 Å². The second-order valence-corrected chi connectivity index (χ2v) is 7.05. The molecule has 4 rings (SSSR count). The number of benzene rings is 2. The van der Waals surface area contributed by atoms with E-state index in [1.807, 2.05) is 18.7 Å². The first-order chi connectivity index (χ1) is 12.3. The number of nitrogens with one attached hydrogen (secondary N) is 1. The lowest BCUT2D eigenvalue weighted by Crippen LogP contribution is -2.69. The molecule has 3 atom stereocenters. The molecule has 0 aromatic heterocycles. The summed E-state index contributed by atoms with van der Waals surface area (Å²) < 4.78 is 19.6. The van der Waals surface area contributed by atoms with Crippen molar-refractivity contribution in [1.29, 1.82) is 0 Å². The number of nitro benzene ring substituents is 1. The number of nitrogens with zero attached hydrogens (tertiary/aromatic N) is 2. The number of non-ortho nitro benzene ring substituents is 1. The summed E-state index contributed by atoms with van der Waals surface area (Å²) in [5.41, 5.74) is 0.623. The fraction of sp³-hybridized carbons (Fsp3) is 0.278. The lowest BCUT2D eigenvalue weighted by Gasteiger charge is -2.56. The molecule has 2 aliphatic rings. The van der Waals surface area contributed by atoms with Crippen LogP contribution >= 0.6 is 12.2 Å². The van der Waals surface area contributed by atoms with Crippen molar-refractivity contribution in [1.82, 2.24) is 5.32 Å². The Balaban J connectivity index is 1.82. The van der Waals surface area contributed by atoms with Gasteiger partial charge in [0.25, 0.3) is 5.69 Å². The van der Waals surface area contributed by atoms with Gasteiger partial charge in [-0.15, -0.1) is 0 Å². The van der Waals surface area contributed by atoms with Crippen molar-refractivity contribution in [2.75, 3.05) is 4.90 Å². The van der Waals surface area contributed by atoms with Crippen LogP contribution in [0.1, 0.15) is 25.5 Å². The lowest BCUT2D eigenvalue weighted by atomic mass is 9.80. The summed E-state index contributed by atoms with van der Waals surface area (Å²) in [6.07, 6.45) is 0. The topological polar surface area (TPSA) is 67.6 Å². The van der Waals surface area contributed by atoms with Crippen molar-refractivity contribution in [3.8, 4) is 5.75 Å². The summed E-state index contributed by atoms with van der Waals surface area (Å²) in [7, 11) is 0. The first-order valence-corrected chi connectivity index (χ1v) is 8.56. The van der Waals surface area contributed by atoms with Gasteiger partial charge in [0.05, 0.1) is 11.0 Å². The van der Waals surface area contributed by atoms with E-state index in [4.69, 9.17) is 17.0 Å². The highest BCUT2D eigenvalue weighted by Gasteiger charge is 2.54. The van der Waals surface area contributed by atoms with Gasteiger partial charge in [0, 0.05) is 29.3 Å². The van der Waals surface area contributed by atoms with Gasteiger partial charge < -0.3 is 10.1 Å². The van der Waals surface area contributed by atoms with Gasteiger partial charge in [0.2, 0.25) is 0 Å². The Morgan fingerprint density at radius 1 is 1.31 bits per heavy atom. The average Bonchev–Trinajstić information content (AvgIpc) is 2.59. The Morgan fingerprint density at radius 2 is 2.00 bits per heavy atom. The molecule has 1 N–H and O–H groups in total.